The lowest BCUT2D eigenvalue weighted by atomic mass is 10.1. The van der Waals surface area contributed by atoms with Crippen molar-refractivity contribution in [2.75, 3.05) is 45.8 Å². The van der Waals surface area contributed by atoms with E-state index < -0.39 is 13.2 Å². The maximum atomic E-state index is 12.7. The Bertz CT molecular complexity index is 823. The molecule has 2 amide bonds. The molecule has 0 N–H and O–H groups in total. The number of halogens is 4. The van der Waals surface area contributed by atoms with Gasteiger partial charge >= 0.3 is 13.2 Å². The second kappa shape index (κ2) is 11.2. The van der Waals surface area contributed by atoms with Crippen LogP contribution in [0.1, 0.15) is 18.4 Å². The van der Waals surface area contributed by atoms with Gasteiger partial charge in [0, 0.05) is 57.0 Å². The molecule has 2 fully saturated rings. The highest BCUT2D eigenvalue weighted by molar-refractivity contribution is 5.92. The highest BCUT2D eigenvalue weighted by atomic mass is 19.3. The highest BCUT2D eigenvalue weighted by Gasteiger charge is 2.24. The number of ether oxygens (including phenoxy) is 2. The number of alkyl halides is 4. The van der Waals surface area contributed by atoms with Crippen LogP contribution in [-0.4, -0.2) is 85.6 Å². The average molecular weight is 459 g/mol. The molecule has 176 valence electrons. The Morgan fingerprint density at radius 3 is 2.19 bits per heavy atom. The zero-order valence-corrected chi connectivity index (χ0v) is 17.4. The number of hydrogen-bond donors (Lipinski definition) is 0. The Balaban J connectivity index is 1.55. The first-order valence-corrected chi connectivity index (χ1v) is 10.3. The summed E-state index contributed by atoms with van der Waals surface area (Å²) >= 11 is 0. The van der Waals surface area contributed by atoms with Crippen molar-refractivity contribution in [1.82, 2.24) is 14.7 Å². The number of rotatable bonds is 8. The zero-order chi connectivity index (χ0) is 23.1. The lowest BCUT2D eigenvalue weighted by Gasteiger charge is -2.34. The number of piperazine rings is 1. The van der Waals surface area contributed by atoms with Crippen LogP contribution in [0.4, 0.5) is 17.6 Å². The number of likely N-dealkylation sites (tertiary alicyclic amines) is 1. The van der Waals surface area contributed by atoms with Gasteiger partial charge in [-0.1, -0.05) is 0 Å². The van der Waals surface area contributed by atoms with Gasteiger partial charge < -0.3 is 19.3 Å². The summed E-state index contributed by atoms with van der Waals surface area (Å²) in [5, 5.41) is 0. The third-order valence-corrected chi connectivity index (χ3v) is 5.33. The molecular weight excluding hydrogens is 434 g/mol. The number of carbonyl (C=O) groups excluding carboxylic acids is 2. The number of amides is 2. The zero-order valence-electron chi connectivity index (χ0n) is 17.4. The third-order valence-electron chi connectivity index (χ3n) is 5.33. The maximum Gasteiger partial charge on any atom is 0.387 e. The van der Waals surface area contributed by atoms with Crippen molar-refractivity contribution in [3.63, 3.8) is 0 Å². The number of benzene rings is 1. The van der Waals surface area contributed by atoms with E-state index in [2.05, 4.69) is 9.47 Å². The van der Waals surface area contributed by atoms with Crippen molar-refractivity contribution in [3.8, 4) is 11.5 Å². The molecule has 0 spiro atoms. The fraction of sp³-hybridized carbons (Fsp3) is 0.524. The van der Waals surface area contributed by atoms with E-state index in [0.29, 0.717) is 32.7 Å². The molecule has 0 atom stereocenters. The minimum absolute atomic E-state index is 0.105. The summed E-state index contributed by atoms with van der Waals surface area (Å²) in [5.74, 6) is -0.939. The normalized spacial score (nSPS) is 17.6. The largest absolute Gasteiger partial charge is 0.435 e. The summed E-state index contributed by atoms with van der Waals surface area (Å²) < 4.78 is 58.6. The number of carbonyl (C=O) groups is 2. The Kier molecular flexibility index (Phi) is 8.32. The fourth-order valence-electron chi connectivity index (χ4n) is 3.68. The molecule has 1 aromatic rings. The summed E-state index contributed by atoms with van der Waals surface area (Å²) in [6, 6.07) is 3.34. The van der Waals surface area contributed by atoms with Crippen molar-refractivity contribution < 1.29 is 36.6 Å². The van der Waals surface area contributed by atoms with Gasteiger partial charge in [-0.3, -0.25) is 14.5 Å². The molecule has 0 aliphatic carbocycles. The van der Waals surface area contributed by atoms with Gasteiger partial charge in [0.2, 0.25) is 11.8 Å². The van der Waals surface area contributed by atoms with Crippen LogP contribution in [0.2, 0.25) is 0 Å². The lowest BCUT2D eigenvalue weighted by Crippen LogP contribution is -2.51. The topological polar surface area (TPSA) is 62.3 Å². The van der Waals surface area contributed by atoms with Crippen molar-refractivity contribution in [3.05, 3.63) is 29.8 Å². The Morgan fingerprint density at radius 2 is 1.56 bits per heavy atom. The molecule has 3 rings (SSSR count). The van der Waals surface area contributed by atoms with Crippen LogP contribution in [0.3, 0.4) is 0 Å². The Labute approximate surface area is 183 Å². The van der Waals surface area contributed by atoms with Crippen LogP contribution in [0.15, 0.2) is 24.3 Å². The van der Waals surface area contributed by atoms with Crippen molar-refractivity contribution in [1.29, 1.82) is 0 Å². The Morgan fingerprint density at radius 1 is 0.906 bits per heavy atom. The monoisotopic (exact) mass is 459 g/mol. The molecule has 11 heteroatoms. The number of nitrogens with zero attached hydrogens (tertiary/aromatic N) is 3. The van der Waals surface area contributed by atoms with E-state index in [1.54, 1.807) is 4.90 Å². The smallest absolute Gasteiger partial charge is 0.387 e. The van der Waals surface area contributed by atoms with Gasteiger partial charge in [0.25, 0.3) is 0 Å². The van der Waals surface area contributed by atoms with Crippen molar-refractivity contribution in [2.45, 2.75) is 26.1 Å². The first-order chi connectivity index (χ1) is 15.3. The van der Waals surface area contributed by atoms with Gasteiger partial charge in [0.15, 0.2) is 0 Å². The van der Waals surface area contributed by atoms with Crippen LogP contribution in [-0.2, 0) is 9.59 Å². The van der Waals surface area contributed by atoms with Crippen LogP contribution in [0, 0.1) is 0 Å². The molecule has 1 aromatic carbocycles. The van der Waals surface area contributed by atoms with Gasteiger partial charge in [-0.2, -0.15) is 17.6 Å². The van der Waals surface area contributed by atoms with Crippen LogP contribution >= 0.6 is 0 Å². The van der Waals surface area contributed by atoms with E-state index in [-0.39, 0.29) is 28.9 Å². The molecule has 0 bridgehead atoms. The van der Waals surface area contributed by atoms with E-state index in [1.165, 1.54) is 24.3 Å². The molecule has 2 aliphatic heterocycles. The molecule has 0 aromatic heterocycles. The molecular formula is C21H25F4N3O4. The van der Waals surface area contributed by atoms with Crippen molar-refractivity contribution in [2.24, 2.45) is 0 Å². The molecule has 0 unspecified atom stereocenters. The van der Waals surface area contributed by atoms with Crippen LogP contribution < -0.4 is 9.47 Å². The van der Waals surface area contributed by atoms with Gasteiger partial charge in [0.05, 0.1) is 6.54 Å². The Hall–Kier alpha value is -2.82. The van der Waals surface area contributed by atoms with E-state index in [1.807, 2.05) is 9.80 Å². The predicted octanol–water partition coefficient (Wildman–Crippen LogP) is 2.67. The third kappa shape index (κ3) is 6.84. The predicted molar refractivity (Wildman–Crippen MR) is 108 cm³/mol. The standard InChI is InChI=1S/C21H25F4N3O4/c22-20(23)31-16-5-3-15(17(13-16)32-21(24)25)4-6-18(29)28-11-9-26(10-12-28)14-19(30)27-7-1-2-8-27/h3-6,13,20-21H,1-2,7-12,14H2/b6-4+. The van der Waals surface area contributed by atoms with Crippen LogP contribution in [0.5, 0.6) is 11.5 Å². The molecule has 2 heterocycles. The van der Waals surface area contributed by atoms with E-state index in [0.717, 1.165) is 32.0 Å². The molecule has 0 radical (unpaired) electrons. The molecule has 7 nitrogen and oxygen atoms in total. The summed E-state index contributed by atoms with van der Waals surface area (Å²) in [6.45, 7) is -2.38. The summed E-state index contributed by atoms with van der Waals surface area (Å²) in [6.07, 6.45) is 4.57. The minimum Gasteiger partial charge on any atom is -0.435 e. The van der Waals surface area contributed by atoms with Crippen molar-refractivity contribution >= 4 is 17.9 Å². The molecule has 0 saturated carbocycles. The molecule has 2 saturated heterocycles. The second-order valence-electron chi connectivity index (χ2n) is 7.48. The van der Waals surface area contributed by atoms with Gasteiger partial charge in [-0.25, -0.2) is 0 Å². The first-order valence-electron chi connectivity index (χ1n) is 10.3. The lowest BCUT2D eigenvalue weighted by molar-refractivity contribution is -0.132. The minimum atomic E-state index is -3.17. The second-order valence-corrected chi connectivity index (χ2v) is 7.48. The fourth-order valence-corrected chi connectivity index (χ4v) is 3.68. The number of hydrogen-bond acceptors (Lipinski definition) is 5. The van der Waals surface area contributed by atoms with Crippen LogP contribution in [0.25, 0.3) is 6.08 Å². The van der Waals surface area contributed by atoms with Gasteiger partial charge in [-0.05, 0) is 31.1 Å². The SMILES string of the molecule is O=C(/C=C/c1ccc(OC(F)F)cc1OC(F)F)N1CCN(CC(=O)N2CCCC2)CC1. The molecule has 32 heavy (non-hydrogen) atoms. The average Bonchev–Trinajstić information content (AvgIpc) is 3.28. The van der Waals surface area contributed by atoms with E-state index >= 15 is 0 Å². The van der Waals surface area contributed by atoms with E-state index in [4.69, 9.17) is 0 Å². The summed E-state index contributed by atoms with van der Waals surface area (Å²) in [4.78, 5) is 30.2. The molecule has 2 aliphatic rings. The first kappa shape index (κ1) is 23.8. The highest BCUT2D eigenvalue weighted by Crippen LogP contribution is 2.28. The summed E-state index contributed by atoms with van der Waals surface area (Å²) in [5.41, 5.74) is 0.120. The maximum absolute atomic E-state index is 12.7. The van der Waals surface area contributed by atoms with Gasteiger partial charge in [-0.15, -0.1) is 0 Å². The summed E-state index contributed by atoms with van der Waals surface area (Å²) in [7, 11) is 0. The van der Waals surface area contributed by atoms with E-state index in [9.17, 15) is 27.2 Å². The van der Waals surface area contributed by atoms with Gasteiger partial charge in [0.1, 0.15) is 11.5 Å². The quantitative estimate of drug-likeness (QED) is 0.442.